The molecule has 3 heteroatoms. The molecule has 1 rings (SSSR count). The molecular formula is C7H11IO2. The Balaban J connectivity index is 2.07. The van der Waals surface area contributed by atoms with Gasteiger partial charge in [-0.25, -0.2) is 0 Å². The lowest BCUT2D eigenvalue weighted by atomic mass is 10.3. The molecule has 0 unspecified atom stereocenters. The number of ether oxygens (including phenoxy) is 2. The van der Waals surface area contributed by atoms with Crippen LogP contribution in [0.4, 0.5) is 0 Å². The summed E-state index contributed by atoms with van der Waals surface area (Å²) in [6.07, 6.45) is 1.97. The summed E-state index contributed by atoms with van der Waals surface area (Å²) in [5.74, 6) is 0. The molecule has 0 saturated carbocycles. The van der Waals surface area contributed by atoms with Gasteiger partial charge in [-0.1, -0.05) is 6.58 Å². The Labute approximate surface area is 74.7 Å². The topological polar surface area (TPSA) is 18.5 Å². The number of hydrogen-bond acceptors (Lipinski definition) is 2. The molecular weight excluding hydrogens is 243 g/mol. The fourth-order valence-electron chi connectivity index (χ4n) is 0.848. The summed E-state index contributed by atoms with van der Waals surface area (Å²) >= 11 is 2.22. The van der Waals surface area contributed by atoms with E-state index >= 15 is 0 Å². The van der Waals surface area contributed by atoms with Crippen LogP contribution in [0, 0.1) is 0 Å². The molecule has 10 heavy (non-hydrogen) atoms. The Kier molecular flexibility index (Phi) is 3.65. The van der Waals surface area contributed by atoms with E-state index < -0.39 is 0 Å². The summed E-state index contributed by atoms with van der Waals surface area (Å²) in [6, 6.07) is 0. The van der Waals surface area contributed by atoms with Gasteiger partial charge in [0.25, 0.3) is 0 Å². The first-order valence-corrected chi connectivity index (χ1v) is 4.43. The van der Waals surface area contributed by atoms with Crippen LogP contribution < -0.4 is 0 Å². The first-order valence-electron chi connectivity index (χ1n) is 3.35. The van der Waals surface area contributed by atoms with Gasteiger partial charge in [0.2, 0.25) is 0 Å². The minimum atomic E-state index is 0.0338. The maximum Gasteiger partial charge on any atom is 0.158 e. The summed E-state index contributed by atoms with van der Waals surface area (Å²) in [7, 11) is 0. The molecule has 0 N–H and O–H groups in total. The van der Waals surface area contributed by atoms with Gasteiger partial charge in [-0.05, 0) is 32.6 Å². The van der Waals surface area contributed by atoms with Gasteiger partial charge in [-0.2, -0.15) is 0 Å². The molecule has 1 fully saturated rings. The van der Waals surface area contributed by atoms with Crippen molar-refractivity contribution in [3.8, 4) is 0 Å². The number of halogens is 1. The summed E-state index contributed by atoms with van der Waals surface area (Å²) in [5.41, 5.74) is 0. The third-order valence-corrected chi connectivity index (χ3v) is 1.88. The molecule has 0 bridgehead atoms. The zero-order valence-electron chi connectivity index (χ0n) is 5.81. The molecule has 0 aromatic carbocycles. The summed E-state index contributed by atoms with van der Waals surface area (Å²) in [6.45, 7) is 5.29. The van der Waals surface area contributed by atoms with Gasteiger partial charge in [0, 0.05) is 6.42 Å². The van der Waals surface area contributed by atoms with Crippen LogP contribution in [-0.4, -0.2) is 19.5 Å². The highest BCUT2D eigenvalue weighted by atomic mass is 127. The van der Waals surface area contributed by atoms with E-state index in [4.69, 9.17) is 9.47 Å². The van der Waals surface area contributed by atoms with E-state index in [-0.39, 0.29) is 6.29 Å². The van der Waals surface area contributed by atoms with E-state index in [1.807, 2.05) is 0 Å². The van der Waals surface area contributed by atoms with Crippen LogP contribution >= 0.6 is 22.6 Å². The monoisotopic (exact) mass is 254 g/mol. The highest BCUT2D eigenvalue weighted by Crippen LogP contribution is 2.16. The molecule has 0 aliphatic carbocycles. The van der Waals surface area contributed by atoms with E-state index in [2.05, 4.69) is 29.2 Å². The van der Waals surface area contributed by atoms with Crippen molar-refractivity contribution >= 4 is 22.6 Å². The van der Waals surface area contributed by atoms with Crippen molar-refractivity contribution in [3.05, 3.63) is 10.2 Å². The van der Waals surface area contributed by atoms with Gasteiger partial charge in [0.15, 0.2) is 6.29 Å². The molecule has 2 nitrogen and oxygen atoms in total. The van der Waals surface area contributed by atoms with Crippen molar-refractivity contribution in [1.82, 2.24) is 0 Å². The van der Waals surface area contributed by atoms with Gasteiger partial charge in [0.05, 0.1) is 13.2 Å². The molecule has 0 radical (unpaired) electrons. The van der Waals surface area contributed by atoms with Crippen LogP contribution in [0.15, 0.2) is 10.2 Å². The standard InChI is InChI=1S/C7H11IO2/c1-6(8)2-3-7-9-4-5-10-7/h7H,1-5H2. The van der Waals surface area contributed by atoms with Gasteiger partial charge in [0.1, 0.15) is 0 Å². The van der Waals surface area contributed by atoms with Crippen molar-refractivity contribution < 1.29 is 9.47 Å². The van der Waals surface area contributed by atoms with E-state index in [9.17, 15) is 0 Å². The van der Waals surface area contributed by atoms with Crippen LogP contribution in [0.3, 0.4) is 0 Å². The second kappa shape index (κ2) is 4.31. The van der Waals surface area contributed by atoms with Crippen LogP contribution in [0.25, 0.3) is 0 Å². The SMILES string of the molecule is C=C(I)CCC1OCCO1. The van der Waals surface area contributed by atoms with Crippen LogP contribution in [0.2, 0.25) is 0 Å². The quantitative estimate of drug-likeness (QED) is 0.718. The fourth-order valence-corrected chi connectivity index (χ4v) is 1.16. The molecule has 0 atom stereocenters. The Morgan fingerprint density at radius 3 is 2.60 bits per heavy atom. The zero-order valence-corrected chi connectivity index (χ0v) is 7.96. The predicted molar refractivity (Wildman–Crippen MR) is 48.1 cm³/mol. The normalized spacial score (nSPS) is 19.7. The molecule has 0 spiro atoms. The molecule has 0 amide bonds. The van der Waals surface area contributed by atoms with Crippen molar-refractivity contribution in [1.29, 1.82) is 0 Å². The first kappa shape index (κ1) is 8.49. The molecule has 1 aliphatic rings. The lowest BCUT2D eigenvalue weighted by Gasteiger charge is -2.06. The van der Waals surface area contributed by atoms with E-state index in [0.717, 1.165) is 29.6 Å². The highest BCUT2D eigenvalue weighted by Gasteiger charge is 2.14. The Bertz CT molecular complexity index is 119. The Hall–Kier alpha value is 0.390. The Morgan fingerprint density at radius 2 is 2.10 bits per heavy atom. The average molecular weight is 254 g/mol. The van der Waals surface area contributed by atoms with Crippen LogP contribution in [-0.2, 0) is 9.47 Å². The maximum absolute atomic E-state index is 5.24. The minimum absolute atomic E-state index is 0.0338. The predicted octanol–water partition coefficient (Wildman–Crippen LogP) is 2.09. The first-order chi connectivity index (χ1) is 4.79. The van der Waals surface area contributed by atoms with Gasteiger partial charge in [-0.15, -0.1) is 0 Å². The van der Waals surface area contributed by atoms with Crippen LogP contribution in [0.5, 0.6) is 0 Å². The third kappa shape index (κ3) is 2.98. The smallest absolute Gasteiger partial charge is 0.158 e. The van der Waals surface area contributed by atoms with Crippen molar-refractivity contribution in [2.45, 2.75) is 19.1 Å². The largest absolute Gasteiger partial charge is 0.350 e. The number of hydrogen-bond donors (Lipinski definition) is 0. The highest BCUT2D eigenvalue weighted by molar-refractivity contribution is 14.1. The fraction of sp³-hybridized carbons (Fsp3) is 0.714. The minimum Gasteiger partial charge on any atom is -0.350 e. The van der Waals surface area contributed by atoms with E-state index in [1.54, 1.807) is 0 Å². The molecule has 1 aliphatic heterocycles. The van der Waals surface area contributed by atoms with Gasteiger partial charge in [-0.3, -0.25) is 0 Å². The van der Waals surface area contributed by atoms with Crippen molar-refractivity contribution in [3.63, 3.8) is 0 Å². The van der Waals surface area contributed by atoms with Crippen molar-refractivity contribution in [2.24, 2.45) is 0 Å². The number of allylic oxidation sites excluding steroid dienone is 1. The lowest BCUT2D eigenvalue weighted by molar-refractivity contribution is -0.0458. The van der Waals surface area contributed by atoms with Gasteiger partial charge >= 0.3 is 0 Å². The second-order valence-electron chi connectivity index (χ2n) is 2.23. The molecule has 1 saturated heterocycles. The summed E-state index contributed by atoms with van der Waals surface area (Å²) < 4.78 is 11.6. The average Bonchev–Trinajstić information content (AvgIpc) is 2.34. The Morgan fingerprint density at radius 1 is 1.50 bits per heavy atom. The van der Waals surface area contributed by atoms with Gasteiger partial charge < -0.3 is 9.47 Å². The second-order valence-corrected chi connectivity index (χ2v) is 3.75. The third-order valence-electron chi connectivity index (χ3n) is 1.34. The molecule has 58 valence electrons. The number of rotatable bonds is 3. The molecule has 1 heterocycles. The van der Waals surface area contributed by atoms with E-state index in [0.29, 0.717) is 0 Å². The van der Waals surface area contributed by atoms with E-state index in [1.165, 1.54) is 0 Å². The summed E-state index contributed by atoms with van der Waals surface area (Å²) in [4.78, 5) is 0. The zero-order chi connectivity index (χ0) is 7.40. The van der Waals surface area contributed by atoms with Crippen molar-refractivity contribution in [2.75, 3.05) is 13.2 Å². The van der Waals surface area contributed by atoms with Crippen LogP contribution in [0.1, 0.15) is 12.8 Å². The molecule has 0 aromatic rings. The maximum atomic E-state index is 5.24. The molecule has 0 aromatic heterocycles. The summed E-state index contributed by atoms with van der Waals surface area (Å²) in [5, 5.41) is 0. The lowest BCUT2D eigenvalue weighted by Crippen LogP contribution is -2.06.